The number of halogens is 1. The SMILES string of the molecule is C[C@@H](N)c1c(F)cccc1SCCN(C)C. The number of thioether (sulfide) groups is 1. The number of nitrogens with two attached hydrogens (primary N) is 1. The third-order valence-corrected chi connectivity index (χ3v) is 3.32. The molecule has 0 aromatic heterocycles. The molecule has 0 aliphatic heterocycles. The van der Waals surface area contributed by atoms with Gasteiger partial charge < -0.3 is 10.6 Å². The van der Waals surface area contributed by atoms with E-state index >= 15 is 0 Å². The molecule has 90 valence electrons. The van der Waals surface area contributed by atoms with Crippen LogP contribution in [0.15, 0.2) is 23.1 Å². The van der Waals surface area contributed by atoms with Crippen molar-refractivity contribution in [2.75, 3.05) is 26.4 Å². The fourth-order valence-electron chi connectivity index (χ4n) is 1.42. The molecular formula is C12H19FN2S. The van der Waals surface area contributed by atoms with Crippen molar-refractivity contribution in [2.45, 2.75) is 17.9 Å². The summed E-state index contributed by atoms with van der Waals surface area (Å²) in [6.07, 6.45) is 0. The molecule has 2 N–H and O–H groups in total. The quantitative estimate of drug-likeness (QED) is 0.804. The van der Waals surface area contributed by atoms with Crippen LogP contribution in [0.3, 0.4) is 0 Å². The Hall–Kier alpha value is -0.580. The minimum Gasteiger partial charge on any atom is -0.324 e. The minimum atomic E-state index is -0.261. The average molecular weight is 242 g/mol. The summed E-state index contributed by atoms with van der Waals surface area (Å²) >= 11 is 1.66. The van der Waals surface area contributed by atoms with E-state index < -0.39 is 0 Å². The first kappa shape index (κ1) is 13.5. The fraction of sp³-hybridized carbons (Fsp3) is 0.500. The molecule has 0 bridgehead atoms. The molecule has 0 fully saturated rings. The first-order chi connectivity index (χ1) is 7.52. The van der Waals surface area contributed by atoms with Gasteiger partial charge in [-0.1, -0.05) is 6.07 Å². The van der Waals surface area contributed by atoms with Crippen molar-refractivity contribution in [3.63, 3.8) is 0 Å². The minimum absolute atomic E-state index is 0.204. The number of hydrogen-bond donors (Lipinski definition) is 1. The van der Waals surface area contributed by atoms with Crippen LogP contribution < -0.4 is 5.73 Å². The highest BCUT2D eigenvalue weighted by atomic mass is 32.2. The molecule has 0 radical (unpaired) electrons. The van der Waals surface area contributed by atoms with Gasteiger partial charge >= 0.3 is 0 Å². The lowest BCUT2D eigenvalue weighted by atomic mass is 10.1. The smallest absolute Gasteiger partial charge is 0.129 e. The van der Waals surface area contributed by atoms with Gasteiger partial charge in [0.1, 0.15) is 5.82 Å². The summed E-state index contributed by atoms with van der Waals surface area (Å²) in [6, 6.07) is 4.87. The summed E-state index contributed by atoms with van der Waals surface area (Å²) in [5.74, 6) is 0.737. The van der Waals surface area contributed by atoms with E-state index in [1.54, 1.807) is 17.8 Å². The van der Waals surface area contributed by atoms with E-state index in [9.17, 15) is 4.39 Å². The molecule has 1 atom stereocenters. The van der Waals surface area contributed by atoms with E-state index in [1.165, 1.54) is 6.07 Å². The highest BCUT2D eigenvalue weighted by molar-refractivity contribution is 7.99. The van der Waals surface area contributed by atoms with Gasteiger partial charge in [0.15, 0.2) is 0 Å². The molecule has 0 aliphatic rings. The van der Waals surface area contributed by atoms with Crippen molar-refractivity contribution in [1.29, 1.82) is 0 Å². The van der Waals surface area contributed by atoms with E-state index in [0.717, 1.165) is 17.2 Å². The standard InChI is InChI=1S/C12H19FN2S/c1-9(14)12-10(13)5-4-6-11(12)16-8-7-15(2)3/h4-6,9H,7-8,14H2,1-3H3/t9-/m1/s1. The lowest BCUT2D eigenvalue weighted by Gasteiger charge is -2.14. The van der Waals surface area contributed by atoms with Crippen LogP contribution in [0, 0.1) is 5.82 Å². The monoisotopic (exact) mass is 242 g/mol. The third-order valence-electron chi connectivity index (χ3n) is 2.26. The Balaban J connectivity index is 2.75. The van der Waals surface area contributed by atoms with E-state index in [-0.39, 0.29) is 11.9 Å². The molecule has 2 nitrogen and oxygen atoms in total. The lowest BCUT2D eigenvalue weighted by molar-refractivity contribution is 0.437. The molecule has 1 aromatic carbocycles. The zero-order valence-electron chi connectivity index (χ0n) is 10.0. The predicted octanol–water partition coefficient (Wildman–Crippen LogP) is 2.50. The summed E-state index contributed by atoms with van der Waals surface area (Å²) in [6.45, 7) is 2.79. The van der Waals surface area contributed by atoms with Crippen LogP contribution in [0.5, 0.6) is 0 Å². The summed E-state index contributed by atoms with van der Waals surface area (Å²) in [5, 5.41) is 0. The molecule has 0 heterocycles. The summed E-state index contributed by atoms with van der Waals surface area (Å²) in [7, 11) is 4.05. The van der Waals surface area contributed by atoms with Gasteiger partial charge in [0, 0.05) is 28.8 Å². The van der Waals surface area contributed by atoms with Gasteiger partial charge in [-0.05, 0) is 33.2 Å². The van der Waals surface area contributed by atoms with Gasteiger partial charge in [-0.3, -0.25) is 0 Å². The van der Waals surface area contributed by atoms with Crippen LogP contribution in [0.1, 0.15) is 18.5 Å². The molecular weight excluding hydrogens is 223 g/mol. The summed E-state index contributed by atoms with van der Waals surface area (Å²) in [5.41, 5.74) is 6.41. The van der Waals surface area contributed by atoms with Gasteiger partial charge in [-0.25, -0.2) is 4.39 Å². The summed E-state index contributed by atoms with van der Waals surface area (Å²) < 4.78 is 13.6. The summed E-state index contributed by atoms with van der Waals surface area (Å²) in [4.78, 5) is 3.06. The van der Waals surface area contributed by atoms with E-state index in [2.05, 4.69) is 4.90 Å². The second-order valence-electron chi connectivity index (χ2n) is 4.09. The first-order valence-electron chi connectivity index (χ1n) is 5.34. The van der Waals surface area contributed by atoms with Crippen LogP contribution >= 0.6 is 11.8 Å². The van der Waals surface area contributed by atoms with Gasteiger partial charge in [-0.15, -0.1) is 11.8 Å². The van der Waals surface area contributed by atoms with Gasteiger partial charge in [0.2, 0.25) is 0 Å². The van der Waals surface area contributed by atoms with Crippen molar-refractivity contribution in [3.05, 3.63) is 29.6 Å². The van der Waals surface area contributed by atoms with Gasteiger partial charge in [0.25, 0.3) is 0 Å². The normalized spacial score (nSPS) is 13.1. The van der Waals surface area contributed by atoms with Crippen LogP contribution in [0.2, 0.25) is 0 Å². The number of rotatable bonds is 5. The van der Waals surface area contributed by atoms with Crippen molar-refractivity contribution < 1.29 is 4.39 Å². The van der Waals surface area contributed by atoms with E-state index in [0.29, 0.717) is 5.56 Å². The lowest BCUT2D eigenvalue weighted by Crippen LogP contribution is -2.15. The largest absolute Gasteiger partial charge is 0.324 e. The Kier molecular flexibility index (Phi) is 5.25. The first-order valence-corrected chi connectivity index (χ1v) is 6.32. The Morgan fingerprint density at radius 2 is 2.12 bits per heavy atom. The van der Waals surface area contributed by atoms with E-state index in [4.69, 9.17) is 5.73 Å². The van der Waals surface area contributed by atoms with Crippen LogP contribution in [-0.2, 0) is 0 Å². The maximum absolute atomic E-state index is 13.6. The second-order valence-corrected chi connectivity index (χ2v) is 5.23. The molecule has 0 saturated carbocycles. The third kappa shape index (κ3) is 3.77. The average Bonchev–Trinajstić information content (AvgIpc) is 2.16. The molecule has 1 aromatic rings. The highest BCUT2D eigenvalue weighted by Crippen LogP contribution is 2.28. The Bertz CT molecular complexity index is 340. The number of nitrogens with zero attached hydrogens (tertiary/aromatic N) is 1. The molecule has 1 rings (SSSR count). The molecule has 0 amide bonds. The van der Waals surface area contributed by atoms with Crippen molar-refractivity contribution in [3.8, 4) is 0 Å². The number of hydrogen-bond acceptors (Lipinski definition) is 3. The zero-order valence-corrected chi connectivity index (χ0v) is 10.9. The molecule has 0 aliphatic carbocycles. The second kappa shape index (κ2) is 6.23. The Morgan fingerprint density at radius 3 is 2.69 bits per heavy atom. The molecule has 0 saturated heterocycles. The number of benzene rings is 1. The van der Waals surface area contributed by atoms with Gasteiger partial charge in [0.05, 0.1) is 0 Å². The van der Waals surface area contributed by atoms with Crippen LogP contribution in [-0.4, -0.2) is 31.3 Å². The molecule has 4 heteroatoms. The molecule has 0 spiro atoms. The highest BCUT2D eigenvalue weighted by Gasteiger charge is 2.12. The molecule has 0 unspecified atom stereocenters. The topological polar surface area (TPSA) is 29.3 Å². The Labute approximate surface area is 101 Å². The maximum atomic E-state index is 13.6. The maximum Gasteiger partial charge on any atom is 0.129 e. The van der Waals surface area contributed by atoms with Crippen molar-refractivity contribution >= 4 is 11.8 Å². The Morgan fingerprint density at radius 1 is 1.44 bits per heavy atom. The van der Waals surface area contributed by atoms with Crippen molar-refractivity contribution in [1.82, 2.24) is 4.90 Å². The molecule has 16 heavy (non-hydrogen) atoms. The van der Waals surface area contributed by atoms with Crippen LogP contribution in [0.4, 0.5) is 4.39 Å². The van der Waals surface area contributed by atoms with Gasteiger partial charge in [-0.2, -0.15) is 0 Å². The fourth-order valence-corrected chi connectivity index (χ4v) is 2.71. The van der Waals surface area contributed by atoms with Crippen molar-refractivity contribution in [2.24, 2.45) is 5.73 Å². The van der Waals surface area contributed by atoms with Crippen LogP contribution in [0.25, 0.3) is 0 Å². The predicted molar refractivity (Wildman–Crippen MR) is 68.3 cm³/mol. The van der Waals surface area contributed by atoms with E-state index in [1.807, 2.05) is 27.1 Å². The zero-order chi connectivity index (χ0) is 12.1.